The summed E-state index contributed by atoms with van der Waals surface area (Å²) >= 11 is 0. The van der Waals surface area contributed by atoms with Crippen molar-refractivity contribution in [3.63, 3.8) is 0 Å². The number of fused-ring (bicyclic) bond motifs is 3. The lowest BCUT2D eigenvalue weighted by molar-refractivity contribution is -0.177. The van der Waals surface area contributed by atoms with Crippen molar-refractivity contribution in [2.24, 2.45) is 28.6 Å². The highest BCUT2D eigenvalue weighted by Crippen LogP contribution is 2.75. The Bertz CT molecular complexity index is 454. The van der Waals surface area contributed by atoms with E-state index in [4.69, 9.17) is 9.47 Å². The van der Waals surface area contributed by atoms with Crippen LogP contribution in [0.4, 0.5) is 0 Å². The van der Waals surface area contributed by atoms with Crippen LogP contribution in [0.25, 0.3) is 0 Å². The summed E-state index contributed by atoms with van der Waals surface area (Å²) in [7, 11) is 0. The third-order valence-electron chi connectivity index (χ3n) is 7.73. The quantitative estimate of drug-likeness (QED) is 0.654. The molecule has 0 aromatic carbocycles. The molecule has 0 radical (unpaired) electrons. The molecule has 4 fully saturated rings. The smallest absolute Gasteiger partial charge is 0.164 e. The predicted octanol–water partition coefficient (Wildman–Crippen LogP) is 4.38. The molecule has 3 saturated carbocycles. The van der Waals surface area contributed by atoms with E-state index < -0.39 is 5.79 Å². The van der Waals surface area contributed by atoms with Gasteiger partial charge in [-0.3, -0.25) is 0 Å². The highest BCUT2D eigenvalue weighted by Gasteiger charge is 2.73. The van der Waals surface area contributed by atoms with Crippen LogP contribution >= 0.6 is 0 Å². The van der Waals surface area contributed by atoms with Gasteiger partial charge in [-0.1, -0.05) is 20.8 Å². The first-order valence-corrected chi connectivity index (χ1v) is 8.50. The van der Waals surface area contributed by atoms with E-state index in [-0.39, 0.29) is 5.60 Å². The molecule has 114 valence electrons. The Kier molecular flexibility index (Phi) is 2.35. The summed E-state index contributed by atoms with van der Waals surface area (Å²) in [5, 5.41) is 0. The Balaban J connectivity index is 1.82. The van der Waals surface area contributed by atoms with Crippen molar-refractivity contribution < 1.29 is 9.47 Å². The molecule has 2 bridgehead atoms. The summed E-state index contributed by atoms with van der Waals surface area (Å²) in [4.78, 5) is 0. The molecule has 4 rings (SSSR count). The van der Waals surface area contributed by atoms with Gasteiger partial charge in [-0.15, -0.1) is 0 Å². The first kappa shape index (κ1) is 13.6. The number of hydrogen-bond donors (Lipinski definition) is 0. The molecule has 2 heteroatoms. The third-order valence-corrected chi connectivity index (χ3v) is 7.73. The van der Waals surface area contributed by atoms with Crippen LogP contribution in [0.3, 0.4) is 0 Å². The Hall–Kier alpha value is -0.0800. The topological polar surface area (TPSA) is 18.5 Å². The highest BCUT2D eigenvalue weighted by molar-refractivity contribution is 5.21. The van der Waals surface area contributed by atoms with Crippen LogP contribution in [0, 0.1) is 28.6 Å². The molecule has 1 heterocycles. The fourth-order valence-corrected chi connectivity index (χ4v) is 7.01. The molecule has 20 heavy (non-hydrogen) atoms. The molecular weight excluding hydrogens is 248 g/mol. The van der Waals surface area contributed by atoms with Gasteiger partial charge in [0.2, 0.25) is 0 Å². The van der Waals surface area contributed by atoms with Crippen LogP contribution in [-0.2, 0) is 9.47 Å². The molecule has 2 nitrogen and oxygen atoms in total. The van der Waals surface area contributed by atoms with Gasteiger partial charge in [-0.05, 0) is 75.0 Å². The zero-order chi connectivity index (χ0) is 14.6. The Morgan fingerprint density at radius 2 is 1.60 bits per heavy atom. The zero-order valence-corrected chi connectivity index (χ0v) is 14.0. The summed E-state index contributed by atoms with van der Waals surface area (Å²) in [6.45, 7) is 14.0. The van der Waals surface area contributed by atoms with Crippen molar-refractivity contribution in [1.82, 2.24) is 0 Å². The van der Waals surface area contributed by atoms with Crippen LogP contribution in [-0.4, -0.2) is 17.5 Å². The van der Waals surface area contributed by atoms with Crippen molar-refractivity contribution in [1.29, 1.82) is 0 Å². The maximum absolute atomic E-state index is 6.48. The van der Waals surface area contributed by atoms with Gasteiger partial charge < -0.3 is 9.47 Å². The lowest BCUT2D eigenvalue weighted by Crippen LogP contribution is -2.52. The first-order valence-electron chi connectivity index (χ1n) is 8.50. The molecule has 1 spiro atoms. The molecule has 0 aromatic rings. The molecule has 0 N–H and O–H groups in total. The zero-order valence-electron chi connectivity index (χ0n) is 14.0. The maximum Gasteiger partial charge on any atom is 0.164 e. The number of hydrogen-bond acceptors (Lipinski definition) is 2. The second kappa shape index (κ2) is 3.46. The predicted molar refractivity (Wildman–Crippen MR) is 79.3 cm³/mol. The fraction of sp³-hybridized carbons (Fsp3) is 1.00. The van der Waals surface area contributed by atoms with E-state index in [1.165, 1.54) is 25.7 Å². The summed E-state index contributed by atoms with van der Waals surface area (Å²) in [6.07, 6.45) is 5.70. The second-order valence-electron chi connectivity index (χ2n) is 9.34. The standard InChI is InChI=1S/C18H30O2/c1-11-7-8-12-15(2,3)13-9-18(11,12)10-14-17(13,6)20-16(4,5)19-14/h11-14H,7-10H2,1-6H3/t11-,12+,13?,14?,17?,18-/m1/s1. The highest BCUT2D eigenvalue weighted by atomic mass is 16.8. The number of ether oxygens (including phenoxy) is 2. The minimum atomic E-state index is -0.409. The van der Waals surface area contributed by atoms with E-state index in [1.807, 2.05) is 0 Å². The van der Waals surface area contributed by atoms with Gasteiger partial charge in [0, 0.05) is 0 Å². The van der Waals surface area contributed by atoms with Gasteiger partial charge in [0.25, 0.3) is 0 Å². The molecule has 3 aliphatic carbocycles. The van der Waals surface area contributed by atoms with Gasteiger partial charge in [-0.2, -0.15) is 0 Å². The minimum absolute atomic E-state index is 0.0810. The molecular formula is C18H30O2. The van der Waals surface area contributed by atoms with Gasteiger partial charge in [0.05, 0.1) is 11.7 Å². The maximum atomic E-state index is 6.48. The first-order chi connectivity index (χ1) is 9.12. The number of rotatable bonds is 0. The van der Waals surface area contributed by atoms with E-state index in [1.54, 1.807) is 0 Å². The lowest BCUT2D eigenvalue weighted by atomic mass is 9.63. The van der Waals surface area contributed by atoms with Crippen LogP contribution < -0.4 is 0 Å². The summed E-state index contributed by atoms with van der Waals surface area (Å²) < 4.78 is 12.8. The molecule has 4 aliphatic rings. The average molecular weight is 278 g/mol. The molecule has 0 aromatic heterocycles. The largest absolute Gasteiger partial charge is 0.344 e. The molecule has 1 aliphatic heterocycles. The van der Waals surface area contributed by atoms with Crippen molar-refractivity contribution in [3.8, 4) is 0 Å². The SMILES string of the molecule is C[C@@H]1CC[C@H]2C(C)(C)C3C[C@@]12CC1OC(C)(C)OC13C. The van der Waals surface area contributed by atoms with Crippen LogP contribution in [0.5, 0.6) is 0 Å². The van der Waals surface area contributed by atoms with Gasteiger partial charge in [-0.25, -0.2) is 0 Å². The van der Waals surface area contributed by atoms with Crippen molar-refractivity contribution in [3.05, 3.63) is 0 Å². The van der Waals surface area contributed by atoms with E-state index in [0.29, 0.717) is 22.9 Å². The summed E-state index contributed by atoms with van der Waals surface area (Å²) in [5.41, 5.74) is 0.836. The van der Waals surface area contributed by atoms with E-state index >= 15 is 0 Å². The molecule has 3 unspecified atom stereocenters. The van der Waals surface area contributed by atoms with Crippen LogP contribution in [0.1, 0.15) is 67.2 Å². The van der Waals surface area contributed by atoms with Crippen molar-refractivity contribution >= 4 is 0 Å². The van der Waals surface area contributed by atoms with Crippen LogP contribution in [0.15, 0.2) is 0 Å². The van der Waals surface area contributed by atoms with E-state index in [2.05, 4.69) is 41.5 Å². The second-order valence-corrected chi connectivity index (χ2v) is 9.34. The molecule has 1 saturated heterocycles. The monoisotopic (exact) mass is 278 g/mol. The van der Waals surface area contributed by atoms with Crippen LogP contribution in [0.2, 0.25) is 0 Å². The third kappa shape index (κ3) is 1.34. The lowest BCUT2D eigenvalue weighted by Gasteiger charge is -2.47. The van der Waals surface area contributed by atoms with Crippen molar-refractivity contribution in [2.45, 2.75) is 84.7 Å². The Labute approximate surface area is 123 Å². The molecule has 6 atom stereocenters. The average Bonchev–Trinajstić information content (AvgIpc) is 2.80. The normalized spacial score (nSPS) is 58.5. The van der Waals surface area contributed by atoms with Gasteiger partial charge in [0.1, 0.15) is 0 Å². The fourth-order valence-electron chi connectivity index (χ4n) is 7.01. The van der Waals surface area contributed by atoms with E-state index in [0.717, 1.165) is 11.8 Å². The Morgan fingerprint density at radius 1 is 0.900 bits per heavy atom. The molecule has 0 amide bonds. The van der Waals surface area contributed by atoms with Gasteiger partial charge in [0.15, 0.2) is 5.79 Å². The summed E-state index contributed by atoms with van der Waals surface area (Å²) in [5.74, 6) is 1.96. The van der Waals surface area contributed by atoms with Gasteiger partial charge >= 0.3 is 0 Å². The minimum Gasteiger partial charge on any atom is -0.344 e. The van der Waals surface area contributed by atoms with Crippen molar-refractivity contribution in [2.75, 3.05) is 0 Å². The summed E-state index contributed by atoms with van der Waals surface area (Å²) in [6, 6.07) is 0. The Morgan fingerprint density at radius 3 is 2.30 bits per heavy atom. The van der Waals surface area contributed by atoms with E-state index in [9.17, 15) is 0 Å².